The molecule has 3 heterocycles. The number of carbonyl (C=O) groups excluding carboxylic acids is 1. The highest BCUT2D eigenvalue weighted by atomic mass is 35.5. The highest BCUT2D eigenvalue weighted by Gasteiger charge is 2.53. The summed E-state index contributed by atoms with van der Waals surface area (Å²) >= 11 is 0. The second-order valence-electron chi connectivity index (χ2n) is 5.50. The minimum Gasteiger partial charge on any atom is -0.374 e. The molecule has 0 aromatic rings. The summed E-state index contributed by atoms with van der Waals surface area (Å²) in [6.07, 6.45) is 3.25. The number of halogens is 1. The second-order valence-corrected chi connectivity index (χ2v) is 5.50. The summed E-state index contributed by atoms with van der Waals surface area (Å²) in [5, 5.41) is 0. The number of rotatable bonds is 2. The molecule has 4 nitrogen and oxygen atoms in total. The predicted molar refractivity (Wildman–Crippen MR) is 66.9 cm³/mol. The van der Waals surface area contributed by atoms with Crippen LogP contribution in [0.1, 0.15) is 19.8 Å². The Morgan fingerprint density at radius 2 is 1.88 bits per heavy atom. The zero-order chi connectivity index (χ0) is 11.3. The van der Waals surface area contributed by atoms with Crippen LogP contribution in [0.4, 0.5) is 0 Å². The lowest BCUT2D eigenvalue weighted by atomic mass is 9.82. The topological polar surface area (TPSA) is 55.6 Å². The molecule has 3 saturated heterocycles. The molecule has 3 aliphatic heterocycles. The van der Waals surface area contributed by atoms with E-state index in [9.17, 15) is 4.79 Å². The van der Waals surface area contributed by atoms with Crippen molar-refractivity contribution < 1.29 is 9.53 Å². The molecule has 0 aromatic carbocycles. The van der Waals surface area contributed by atoms with Crippen LogP contribution in [0, 0.1) is 17.8 Å². The van der Waals surface area contributed by atoms with Gasteiger partial charge in [0.2, 0.25) is 5.91 Å². The molecule has 5 heteroatoms. The molecule has 3 rings (SSSR count). The fourth-order valence-corrected chi connectivity index (χ4v) is 3.55. The van der Waals surface area contributed by atoms with Crippen molar-refractivity contribution in [1.82, 2.24) is 4.90 Å². The largest absolute Gasteiger partial charge is 0.374 e. The Kier molecular flexibility index (Phi) is 3.66. The van der Waals surface area contributed by atoms with Crippen LogP contribution < -0.4 is 5.73 Å². The van der Waals surface area contributed by atoms with E-state index in [1.54, 1.807) is 0 Å². The van der Waals surface area contributed by atoms with E-state index in [1.807, 2.05) is 11.8 Å². The van der Waals surface area contributed by atoms with E-state index in [2.05, 4.69) is 0 Å². The first-order chi connectivity index (χ1) is 7.70. The van der Waals surface area contributed by atoms with Crippen molar-refractivity contribution in [3.05, 3.63) is 0 Å². The van der Waals surface area contributed by atoms with Gasteiger partial charge in [0.05, 0.1) is 12.2 Å². The molecule has 5 unspecified atom stereocenters. The van der Waals surface area contributed by atoms with Crippen molar-refractivity contribution >= 4 is 18.3 Å². The lowest BCUT2D eigenvalue weighted by molar-refractivity contribution is -0.134. The highest BCUT2D eigenvalue weighted by Crippen LogP contribution is 2.47. The van der Waals surface area contributed by atoms with Crippen molar-refractivity contribution in [1.29, 1.82) is 0 Å². The van der Waals surface area contributed by atoms with Crippen LogP contribution in [0.25, 0.3) is 0 Å². The molecular formula is C12H21ClN2O2. The van der Waals surface area contributed by atoms with Crippen molar-refractivity contribution in [3.63, 3.8) is 0 Å². The number of fused-ring (bicyclic) bond motifs is 5. The van der Waals surface area contributed by atoms with E-state index in [0.29, 0.717) is 30.6 Å². The van der Waals surface area contributed by atoms with Gasteiger partial charge in [-0.25, -0.2) is 0 Å². The standard InChI is InChI=1S/C12H20N2O2.ClH/c1-7(4-13)12(15)14-5-8-9(6-14)11-3-2-10(8)16-11;/h7-11H,2-6,13H2,1H3;1H. The maximum Gasteiger partial charge on any atom is 0.226 e. The van der Waals surface area contributed by atoms with Gasteiger partial charge in [-0.05, 0) is 12.8 Å². The third kappa shape index (κ3) is 1.96. The quantitative estimate of drug-likeness (QED) is 0.793. The summed E-state index contributed by atoms with van der Waals surface area (Å²) in [6, 6.07) is 0. The van der Waals surface area contributed by atoms with Gasteiger partial charge in [-0.15, -0.1) is 12.4 Å². The van der Waals surface area contributed by atoms with Gasteiger partial charge < -0.3 is 15.4 Å². The summed E-state index contributed by atoms with van der Waals surface area (Å²) in [6.45, 7) is 4.17. The Balaban J connectivity index is 0.00000108. The molecule has 17 heavy (non-hydrogen) atoms. The van der Waals surface area contributed by atoms with Gasteiger partial charge in [0, 0.05) is 37.4 Å². The first-order valence-electron chi connectivity index (χ1n) is 6.35. The zero-order valence-corrected chi connectivity index (χ0v) is 11.0. The lowest BCUT2D eigenvalue weighted by Gasteiger charge is -2.21. The van der Waals surface area contributed by atoms with Gasteiger partial charge in [0.25, 0.3) is 0 Å². The lowest BCUT2D eigenvalue weighted by Crippen LogP contribution is -2.37. The zero-order valence-electron chi connectivity index (χ0n) is 10.2. The van der Waals surface area contributed by atoms with Crippen LogP contribution in [-0.4, -0.2) is 42.6 Å². The maximum atomic E-state index is 12.0. The molecule has 0 radical (unpaired) electrons. The Morgan fingerprint density at radius 1 is 1.35 bits per heavy atom. The molecule has 0 aromatic heterocycles. The average molecular weight is 261 g/mol. The fourth-order valence-electron chi connectivity index (χ4n) is 3.55. The average Bonchev–Trinajstić information content (AvgIpc) is 2.97. The van der Waals surface area contributed by atoms with Crippen molar-refractivity contribution in [2.75, 3.05) is 19.6 Å². The van der Waals surface area contributed by atoms with Crippen LogP contribution >= 0.6 is 12.4 Å². The van der Waals surface area contributed by atoms with E-state index >= 15 is 0 Å². The fraction of sp³-hybridized carbons (Fsp3) is 0.917. The Bertz CT molecular complexity index is 295. The third-order valence-corrected chi connectivity index (χ3v) is 4.54. The van der Waals surface area contributed by atoms with Gasteiger partial charge in [0.15, 0.2) is 0 Å². The summed E-state index contributed by atoms with van der Waals surface area (Å²) in [5.41, 5.74) is 5.55. The molecule has 2 N–H and O–H groups in total. The van der Waals surface area contributed by atoms with Crippen molar-refractivity contribution in [2.24, 2.45) is 23.5 Å². The Hall–Kier alpha value is -0.320. The van der Waals surface area contributed by atoms with E-state index in [4.69, 9.17) is 10.5 Å². The predicted octanol–water partition coefficient (Wildman–Crippen LogP) is 0.639. The molecule has 0 saturated carbocycles. The van der Waals surface area contributed by atoms with Crippen molar-refractivity contribution in [3.8, 4) is 0 Å². The summed E-state index contributed by atoms with van der Waals surface area (Å²) in [7, 11) is 0. The molecule has 98 valence electrons. The first-order valence-corrected chi connectivity index (χ1v) is 6.35. The summed E-state index contributed by atoms with van der Waals surface area (Å²) in [5.74, 6) is 1.41. The van der Waals surface area contributed by atoms with E-state index in [-0.39, 0.29) is 24.2 Å². The van der Waals surface area contributed by atoms with Gasteiger partial charge in [-0.2, -0.15) is 0 Å². The van der Waals surface area contributed by atoms with E-state index < -0.39 is 0 Å². The molecular weight excluding hydrogens is 240 g/mol. The Labute approximate surface area is 108 Å². The van der Waals surface area contributed by atoms with Crippen LogP contribution in [0.3, 0.4) is 0 Å². The molecule has 2 bridgehead atoms. The summed E-state index contributed by atoms with van der Waals surface area (Å²) < 4.78 is 5.89. The van der Waals surface area contributed by atoms with Gasteiger partial charge in [-0.1, -0.05) is 6.92 Å². The van der Waals surface area contributed by atoms with E-state index in [0.717, 1.165) is 13.1 Å². The minimum absolute atomic E-state index is 0. The molecule has 0 aliphatic carbocycles. The summed E-state index contributed by atoms with van der Waals surface area (Å²) in [4.78, 5) is 14.1. The Morgan fingerprint density at radius 3 is 2.35 bits per heavy atom. The van der Waals surface area contributed by atoms with Crippen molar-refractivity contribution in [2.45, 2.75) is 32.0 Å². The van der Waals surface area contributed by atoms with Gasteiger partial charge in [0.1, 0.15) is 0 Å². The van der Waals surface area contributed by atoms with E-state index in [1.165, 1.54) is 12.8 Å². The normalized spacial score (nSPS) is 40.0. The molecule has 5 atom stereocenters. The molecule has 1 amide bonds. The number of carbonyl (C=O) groups is 1. The number of ether oxygens (including phenoxy) is 1. The number of nitrogens with two attached hydrogens (primary N) is 1. The number of amides is 1. The van der Waals surface area contributed by atoms with Crippen LogP contribution in [-0.2, 0) is 9.53 Å². The molecule has 0 spiro atoms. The van der Waals surface area contributed by atoms with Crippen LogP contribution in [0.5, 0.6) is 0 Å². The van der Waals surface area contributed by atoms with Gasteiger partial charge >= 0.3 is 0 Å². The van der Waals surface area contributed by atoms with Crippen LogP contribution in [0.15, 0.2) is 0 Å². The SMILES string of the molecule is CC(CN)C(=O)N1CC2C3CCC(O3)C2C1.Cl. The molecule has 3 fully saturated rings. The maximum absolute atomic E-state index is 12.0. The molecule has 3 aliphatic rings. The highest BCUT2D eigenvalue weighted by molar-refractivity contribution is 5.85. The minimum atomic E-state index is -0.0302. The number of hydrogen-bond acceptors (Lipinski definition) is 3. The number of likely N-dealkylation sites (tertiary alicyclic amines) is 1. The monoisotopic (exact) mass is 260 g/mol. The smallest absolute Gasteiger partial charge is 0.226 e. The number of hydrogen-bond donors (Lipinski definition) is 1. The van der Waals surface area contributed by atoms with Crippen LogP contribution in [0.2, 0.25) is 0 Å². The number of nitrogens with zero attached hydrogens (tertiary/aromatic N) is 1. The van der Waals surface area contributed by atoms with Gasteiger partial charge in [-0.3, -0.25) is 4.79 Å². The first kappa shape index (κ1) is 13.1. The third-order valence-electron chi connectivity index (χ3n) is 4.54. The second kappa shape index (κ2) is 4.75.